The van der Waals surface area contributed by atoms with E-state index in [4.69, 9.17) is 24.4 Å². The third-order valence-electron chi connectivity index (χ3n) is 7.18. The summed E-state index contributed by atoms with van der Waals surface area (Å²) >= 11 is 0. The van der Waals surface area contributed by atoms with Gasteiger partial charge in [0.05, 0.1) is 26.4 Å². The van der Waals surface area contributed by atoms with Crippen molar-refractivity contribution < 1.29 is 63.0 Å². The predicted octanol–water partition coefficient (Wildman–Crippen LogP) is 2.38. The van der Waals surface area contributed by atoms with E-state index in [-0.39, 0.29) is 37.4 Å². The molecular weight excluding hydrogens is 708 g/mol. The molecular formula is C34H63ClN4O13. The number of aliphatic carboxylic acids is 1. The van der Waals surface area contributed by atoms with Crippen molar-refractivity contribution in [1.82, 2.24) is 20.9 Å². The van der Waals surface area contributed by atoms with Gasteiger partial charge in [-0.25, -0.2) is 19.2 Å². The normalized spacial score (nSPS) is 21.3. The number of aliphatic hydroxyl groups is 2. The number of hydrogen-bond acceptors (Lipinski definition) is 13. The van der Waals surface area contributed by atoms with Crippen LogP contribution in [0.5, 0.6) is 0 Å². The second-order valence-corrected chi connectivity index (χ2v) is 16.5. The predicted molar refractivity (Wildman–Crippen MR) is 193 cm³/mol. The summed E-state index contributed by atoms with van der Waals surface area (Å²) in [5, 5.41) is 35.6. The quantitative estimate of drug-likeness (QED) is 0.168. The Balaban J connectivity index is 0. The molecule has 2 aliphatic heterocycles. The SMILES string of the molecule is CC(C)(C)OC(=O)NC(C(=O)O)C(C)(C)C.COC(=O)[C@@H]1C[C@H](O)CN1.COC(=O)[C@@H]1C[C@H](O)CN1C(=O)[C@H](NC(=O)OC(C)(C)C)C(C)(C)C.Cl. The number of rotatable bonds is 6. The van der Waals surface area contributed by atoms with Crippen LogP contribution in [0.25, 0.3) is 0 Å². The minimum atomic E-state index is -1.07. The van der Waals surface area contributed by atoms with Crippen LogP contribution in [0.4, 0.5) is 9.59 Å². The molecule has 0 aromatic carbocycles. The average molecular weight is 771 g/mol. The van der Waals surface area contributed by atoms with E-state index >= 15 is 0 Å². The second-order valence-electron chi connectivity index (χ2n) is 16.5. The lowest BCUT2D eigenvalue weighted by atomic mass is 9.85. The first kappa shape index (κ1) is 50.7. The van der Waals surface area contributed by atoms with Gasteiger partial charge in [0.2, 0.25) is 5.91 Å². The van der Waals surface area contributed by atoms with Gasteiger partial charge < -0.3 is 55.1 Å². The van der Waals surface area contributed by atoms with Crippen LogP contribution in [0.3, 0.4) is 0 Å². The maximum Gasteiger partial charge on any atom is 0.408 e. The Hall–Kier alpha value is -3.41. The summed E-state index contributed by atoms with van der Waals surface area (Å²) in [6, 6.07) is -3.06. The third kappa shape index (κ3) is 18.9. The largest absolute Gasteiger partial charge is 0.480 e. The van der Waals surface area contributed by atoms with Crippen LogP contribution >= 0.6 is 12.4 Å². The molecule has 0 aromatic heterocycles. The molecule has 18 heteroatoms. The summed E-state index contributed by atoms with van der Waals surface area (Å²) in [7, 11) is 2.57. The van der Waals surface area contributed by atoms with E-state index in [2.05, 4.69) is 20.7 Å². The monoisotopic (exact) mass is 770 g/mol. The number of likely N-dealkylation sites (tertiary alicyclic amines) is 1. The summed E-state index contributed by atoms with van der Waals surface area (Å²) in [6.07, 6.45) is -2.06. The van der Waals surface area contributed by atoms with Crippen LogP contribution in [0, 0.1) is 10.8 Å². The highest BCUT2D eigenvalue weighted by Gasteiger charge is 2.45. The number of carbonyl (C=O) groups is 6. The number of halogens is 1. The second kappa shape index (κ2) is 20.7. The molecule has 0 spiro atoms. The number of aliphatic hydroxyl groups excluding tert-OH is 2. The molecule has 2 rings (SSSR count). The van der Waals surface area contributed by atoms with E-state index in [0.717, 1.165) is 0 Å². The summed E-state index contributed by atoms with van der Waals surface area (Å²) in [5.41, 5.74) is -2.52. The number of carboxylic acids is 1. The number of nitrogens with zero attached hydrogens (tertiary/aromatic N) is 1. The Bertz CT molecular complexity index is 1210. The Kier molecular flexibility index (Phi) is 20.2. The van der Waals surface area contributed by atoms with Gasteiger partial charge in [-0.05, 0) is 52.4 Å². The lowest BCUT2D eigenvalue weighted by Crippen LogP contribution is -2.57. The van der Waals surface area contributed by atoms with Gasteiger partial charge in [-0.3, -0.25) is 9.59 Å². The van der Waals surface area contributed by atoms with E-state index in [1.54, 1.807) is 83.1 Å². The number of carbonyl (C=O) groups excluding carboxylic acids is 5. The van der Waals surface area contributed by atoms with E-state index in [9.17, 15) is 33.9 Å². The van der Waals surface area contributed by atoms with E-state index < -0.39 is 82.4 Å². The highest BCUT2D eigenvalue weighted by atomic mass is 35.5. The van der Waals surface area contributed by atoms with Crippen molar-refractivity contribution in [3.63, 3.8) is 0 Å². The van der Waals surface area contributed by atoms with Crippen LogP contribution in [0.2, 0.25) is 0 Å². The molecule has 6 atom stereocenters. The molecule has 0 aromatic rings. The molecule has 2 heterocycles. The standard InChI is InChI=1S/C17H30N2O6.C11H21NO4.C6H11NO3.ClH/c1-16(2,3)12(18-15(23)25-17(4,5)6)13(21)19-9-10(20)8-11(19)14(22)24-7;1-10(2,3)7(8(13)14)12-9(15)16-11(4,5)6;1-10-6(9)5-2-4(8)3-7-5;/h10-12,20H,8-9H2,1-7H3,(H,18,23);7H,1-6H3,(H,12,15)(H,13,14);4-5,7-8H,2-3H2,1H3;1H/t10-,11-,12-;;4-,5-;/m0.0./s1. The van der Waals surface area contributed by atoms with Crippen molar-refractivity contribution in [1.29, 1.82) is 0 Å². The highest BCUT2D eigenvalue weighted by Crippen LogP contribution is 2.27. The fourth-order valence-electron chi connectivity index (χ4n) is 4.77. The molecule has 52 heavy (non-hydrogen) atoms. The fraction of sp³-hybridized carbons (Fsp3) is 0.824. The number of esters is 2. The summed E-state index contributed by atoms with van der Waals surface area (Å²) in [5.74, 6) is -2.41. The van der Waals surface area contributed by atoms with Crippen molar-refractivity contribution in [2.75, 3.05) is 27.3 Å². The Morgan fingerprint density at radius 1 is 0.692 bits per heavy atom. The first-order valence-electron chi connectivity index (χ1n) is 16.7. The number of β-amino-alcohol motifs (C(OH)–C–C–N with tert-alkyl or cyclic N) is 2. The van der Waals surface area contributed by atoms with Gasteiger partial charge in [0.25, 0.3) is 0 Å². The highest BCUT2D eigenvalue weighted by molar-refractivity contribution is 5.91. The van der Waals surface area contributed by atoms with Crippen LogP contribution in [-0.4, -0.2) is 131 Å². The third-order valence-corrected chi connectivity index (χ3v) is 7.18. The van der Waals surface area contributed by atoms with Crippen LogP contribution in [0.1, 0.15) is 95.9 Å². The molecule has 0 saturated carbocycles. The number of nitrogens with one attached hydrogen (secondary N) is 3. The molecule has 6 N–H and O–H groups in total. The fourth-order valence-corrected chi connectivity index (χ4v) is 4.77. The first-order chi connectivity index (χ1) is 22.9. The Labute approximate surface area is 313 Å². The van der Waals surface area contributed by atoms with Gasteiger partial charge >= 0.3 is 30.1 Å². The van der Waals surface area contributed by atoms with Gasteiger partial charge in [-0.15, -0.1) is 12.4 Å². The molecule has 2 saturated heterocycles. The Morgan fingerprint density at radius 2 is 1.12 bits per heavy atom. The maximum atomic E-state index is 13.0. The van der Waals surface area contributed by atoms with Crippen LogP contribution in [0.15, 0.2) is 0 Å². The first-order valence-corrected chi connectivity index (χ1v) is 16.7. The van der Waals surface area contributed by atoms with E-state index in [1.165, 1.54) is 19.1 Å². The number of ether oxygens (including phenoxy) is 4. The minimum absolute atomic E-state index is 0. The van der Waals surface area contributed by atoms with Crippen LogP contribution in [-0.2, 0) is 38.1 Å². The molecule has 17 nitrogen and oxygen atoms in total. The van der Waals surface area contributed by atoms with Crippen molar-refractivity contribution >= 4 is 48.4 Å². The molecule has 2 fully saturated rings. The van der Waals surface area contributed by atoms with Crippen molar-refractivity contribution in [3.05, 3.63) is 0 Å². The lowest BCUT2D eigenvalue weighted by Gasteiger charge is -2.35. The molecule has 304 valence electrons. The summed E-state index contributed by atoms with van der Waals surface area (Å²) < 4.78 is 19.4. The molecule has 0 radical (unpaired) electrons. The molecule has 0 aliphatic carbocycles. The number of methoxy groups -OCH3 is 2. The van der Waals surface area contributed by atoms with Crippen LogP contribution < -0.4 is 16.0 Å². The molecule has 3 amide bonds. The summed E-state index contributed by atoms with van der Waals surface area (Å²) in [6.45, 7) is 21.5. The summed E-state index contributed by atoms with van der Waals surface area (Å²) in [4.78, 5) is 71.5. The number of alkyl carbamates (subject to hydrolysis) is 2. The zero-order valence-corrected chi connectivity index (χ0v) is 33.9. The zero-order chi connectivity index (χ0) is 40.3. The molecule has 0 bridgehead atoms. The van der Waals surface area contributed by atoms with Gasteiger partial charge in [-0.2, -0.15) is 0 Å². The van der Waals surface area contributed by atoms with Crippen molar-refractivity contribution in [3.8, 4) is 0 Å². The van der Waals surface area contributed by atoms with Gasteiger partial charge in [0.1, 0.15) is 35.4 Å². The Morgan fingerprint density at radius 3 is 1.44 bits per heavy atom. The minimum Gasteiger partial charge on any atom is -0.480 e. The maximum absolute atomic E-state index is 13.0. The number of carboxylic acid groups (broad SMARTS) is 1. The smallest absolute Gasteiger partial charge is 0.408 e. The zero-order valence-electron chi connectivity index (χ0n) is 33.1. The number of amides is 3. The van der Waals surface area contributed by atoms with Gasteiger partial charge in [0, 0.05) is 25.9 Å². The van der Waals surface area contributed by atoms with Crippen molar-refractivity contribution in [2.24, 2.45) is 10.8 Å². The topological polar surface area (TPSA) is 239 Å². The van der Waals surface area contributed by atoms with E-state index in [0.29, 0.717) is 13.0 Å². The van der Waals surface area contributed by atoms with E-state index in [1.807, 2.05) is 0 Å². The van der Waals surface area contributed by atoms with Gasteiger partial charge in [0.15, 0.2) is 0 Å². The molecule has 2 aliphatic rings. The average Bonchev–Trinajstić information content (AvgIpc) is 3.56. The van der Waals surface area contributed by atoms with Gasteiger partial charge in [-0.1, -0.05) is 41.5 Å². The molecule has 1 unspecified atom stereocenters. The number of hydrogen-bond donors (Lipinski definition) is 6. The van der Waals surface area contributed by atoms with Crippen molar-refractivity contribution in [2.45, 2.75) is 144 Å². The lowest BCUT2D eigenvalue weighted by molar-refractivity contribution is -0.152.